The molecular weight excluding hydrogens is 302 g/mol. The highest BCUT2D eigenvalue weighted by Gasteiger charge is 2.50. The Morgan fingerprint density at radius 3 is 2.64 bits per heavy atom. The third kappa shape index (κ3) is 3.89. The zero-order chi connectivity index (χ0) is 16.2. The van der Waals surface area contributed by atoms with Gasteiger partial charge in [-0.1, -0.05) is 42.0 Å². The van der Waals surface area contributed by atoms with E-state index in [0.29, 0.717) is 17.9 Å². The molecule has 0 radical (unpaired) electrons. The van der Waals surface area contributed by atoms with Crippen molar-refractivity contribution in [2.45, 2.75) is 38.6 Å². The van der Waals surface area contributed by atoms with Crippen LogP contribution in [0.15, 0.2) is 36.4 Å². The fraction of sp³-hybridized carbons (Fsp3) is 0.412. The molecule has 22 heavy (non-hydrogen) atoms. The van der Waals surface area contributed by atoms with Crippen molar-refractivity contribution in [2.24, 2.45) is 5.41 Å². The summed E-state index contributed by atoms with van der Waals surface area (Å²) in [5, 5.41) is 12.5. The van der Waals surface area contributed by atoms with Crippen molar-refractivity contribution in [1.29, 1.82) is 0 Å². The Kier molecular flexibility index (Phi) is 5.24. The molecule has 1 aromatic rings. The third-order valence-electron chi connectivity index (χ3n) is 4.03. The van der Waals surface area contributed by atoms with Gasteiger partial charge < -0.3 is 10.4 Å². The first-order chi connectivity index (χ1) is 10.5. The van der Waals surface area contributed by atoms with E-state index in [-0.39, 0.29) is 5.91 Å². The second-order valence-corrected chi connectivity index (χ2v) is 6.12. The summed E-state index contributed by atoms with van der Waals surface area (Å²) in [6.07, 6.45) is 5.89. The largest absolute Gasteiger partial charge is 0.480 e. The number of hydrogen-bond donors (Lipinski definition) is 2. The second-order valence-electron chi connectivity index (χ2n) is 5.72. The molecule has 2 N–H and O–H groups in total. The summed E-state index contributed by atoms with van der Waals surface area (Å²) in [5.41, 5.74) is 0.423. The van der Waals surface area contributed by atoms with Gasteiger partial charge in [-0.3, -0.25) is 4.79 Å². The zero-order valence-corrected chi connectivity index (χ0v) is 13.3. The van der Waals surface area contributed by atoms with E-state index in [1.165, 1.54) is 0 Å². The Hall–Kier alpha value is -1.81. The fourth-order valence-corrected chi connectivity index (χ4v) is 2.65. The second kappa shape index (κ2) is 6.97. The average Bonchev–Trinajstić information content (AvgIpc) is 3.26. The minimum atomic E-state index is -1.01. The van der Waals surface area contributed by atoms with Gasteiger partial charge in [0.2, 0.25) is 5.91 Å². The Labute approximate surface area is 135 Å². The first-order valence-electron chi connectivity index (χ1n) is 7.37. The number of amides is 1. The number of carbonyl (C=O) groups is 2. The molecule has 2 rings (SSSR count). The first-order valence-corrected chi connectivity index (χ1v) is 7.74. The van der Waals surface area contributed by atoms with Crippen molar-refractivity contribution in [2.75, 3.05) is 0 Å². The minimum absolute atomic E-state index is 0.190. The molecule has 118 valence electrons. The number of benzene rings is 1. The summed E-state index contributed by atoms with van der Waals surface area (Å²) in [4.78, 5) is 23.7. The maximum atomic E-state index is 12.5. The Morgan fingerprint density at radius 2 is 2.09 bits per heavy atom. The van der Waals surface area contributed by atoms with Gasteiger partial charge in [-0.05, 0) is 44.2 Å². The first kappa shape index (κ1) is 16.6. The molecule has 1 aliphatic rings. The molecule has 1 aliphatic carbocycles. The van der Waals surface area contributed by atoms with Gasteiger partial charge in [0.05, 0.1) is 5.41 Å². The van der Waals surface area contributed by atoms with Crippen LogP contribution in [0, 0.1) is 5.41 Å². The highest BCUT2D eigenvalue weighted by atomic mass is 35.5. The molecule has 1 atom stereocenters. The smallest absolute Gasteiger partial charge is 0.326 e. The summed E-state index contributed by atoms with van der Waals surface area (Å²) in [7, 11) is 0. The number of halogens is 1. The standard InChI is InChI=1S/C17H20ClNO3/c1-2-3-8-14(15(20)21)19-16(22)17(9-10-17)11-12-6-4-5-7-13(12)18/h2-7,14H,8-11H2,1H3,(H,19,22)(H,20,21)/b3-2+. The highest BCUT2D eigenvalue weighted by Crippen LogP contribution is 2.49. The quantitative estimate of drug-likeness (QED) is 0.758. The molecule has 0 aliphatic heterocycles. The molecule has 1 saturated carbocycles. The summed E-state index contributed by atoms with van der Waals surface area (Å²) in [6.45, 7) is 1.82. The number of aliphatic carboxylic acids is 1. The van der Waals surface area contributed by atoms with E-state index in [1.54, 1.807) is 18.2 Å². The van der Waals surface area contributed by atoms with Crippen molar-refractivity contribution in [1.82, 2.24) is 5.32 Å². The van der Waals surface area contributed by atoms with Crippen molar-refractivity contribution >= 4 is 23.5 Å². The van der Waals surface area contributed by atoms with Gasteiger partial charge in [-0.25, -0.2) is 4.79 Å². The van der Waals surface area contributed by atoms with Crippen LogP contribution >= 0.6 is 11.6 Å². The van der Waals surface area contributed by atoms with Crippen LogP contribution in [-0.4, -0.2) is 23.0 Å². The fourth-order valence-electron chi connectivity index (χ4n) is 2.45. The van der Waals surface area contributed by atoms with Gasteiger partial charge in [-0.2, -0.15) is 0 Å². The minimum Gasteiger partial charge on any atom is -0.480 e. The SMILES string of the molecule is C/C=C/CC(NC(=O)C1(Cc2ccccc2Cl)CC1)C(=O)O. The highest BCUT2D eigenvalue weighted by molar-refractivity contribution is 6.31. The van der Waals surface area contributed by atoms with E-state index in [9.17, 15) is 14.7 Å². The maximum Gasteiger partial charge on any atom is 0.326 e. The molecule has 1 aromatic carbocycles. The number of allylic oxidation sites excluding steroid dienone is 1. The van der Waals surface area contributed by atoms with Gasteiger partial charge in [0.25, 0.3) is 0 Å². The van der Waals surface area contributed by atoms with E-state index < -0.39 is 17.4 Å². The van der Waals surface area contributed by atoms with Crippen LogP contribution in [0.5, 0.6) is 0 Å². The van der Waals surface area contributed by atoms with Crippen LogP contribution in [0.25, 0.3) is 0 Å². The molecule has 0 heterocycles. The van der Waals surface area contributed by atoms with Crippen LogP contribution in [-0.2, 0) is 16.0 Å². The molecule has 0 bridgehead atoms. The number of carboxylic acid groups (broad SMARTS) is 1. The third-order valence-corrected chi connectivity index (χ3v) is 4.40. The Balaban J connectivity index is 2.05. The van der Waals surface area contributed by atoms with Crippen LogP contribution < -0.4 is 5.32 Å². The van der Waals surface area contributed by atoms with Crippen molar-refractivity contribution in [3.05, 3.63) is 47.0 Å². The lowest BCUT2D eigenvalue weighted by Gasteiger charge is -2.19. The van der Waals surface area contributed by atoms with E-state index in [4.69, 9.17) is 11.6 Å². The monoisotopic (exact) mass is 321 g/mol. The lowest BCUT2D eigenvalue weighted by atomic mass is 9.95. The lowest BCUT2D eigenvalue weighted by molar-refractivity contribution is -0.142. The molecule has 1 fully saturated rings. The maximum absolute atomic E-state index is 12.5. The summed E-state index contributed by atoms with van der Waals surface area (Å²) >= 11 is 6.15. The van der Waals surface area contributed by atoms with E-state index in [1.807, 2.05) is 25.1 Å². The van der Waals surface area contributed by atoms with E-state index in [0.717, 1.165) is 18.4 Å². The van der Waals surface area contributed by atoms with Crippen LogP contribution in [0.3, 0.4) is 0 Å². The van der Waals surface area contributed by atoms with E-state index >= 15 is 0 Å². The molecule has 0 aromatic heterocycles. The summed E-state index contributed by atoms with van der Waals surface area (Å²) in [6, 6.07) is 6.57. The summed E-state index contributed by atoms with van der Waals surface area (Å²) in [5.74, 6) is -1.20. The zero-order valence-electron chi connectivity index (χ0n) is 12.5. The van der Waals surface area contributed by atoms with Crippen molar-refractivity contribution in [3.8, 4) is 0 Å². The van der Waals surface area contributed by atoms with Crippen molar-refractivity contribution in [3.63, 3.8) is 0 Å². The van der Waals surface area contributed by atoms with Crippen LogP contribution in [0.2, 0.25) is 5.02 Å². The van der Waals surface area contributed by atoms with Crippen LogP contribution in [0.4, 0.5) is 0 Å². The molecule has 4 nitrogen and oxygen atoms in total. The van der Waals surface area contributed by atoms with Crippen molar-refractivity contribution < 1.29 is 14.7 Å². The number of hydrogen-bond acceptors (Lipinski definition) is 2. The number of rotatable bonds is 7. The van der Waals surface area contributed by atoms with E-state index in [2.05, 4.69) is 5.32 Å². The average molecular weight is 322 g/mol. The molecule has 1 unspecified atom stereocenters. The molecule has 0 saturated heterocycles. The topological polar surface area (TPSA) is 66.4 Å². The number of carboxylic acids is 1. The van der Waals surface area contributed by atoms with Gasteiger partial charge in [0.15, 0.2) is 0 Å². The number of nitrogens with one attached hydrogen (secondary N) is 1. The predicted molar refractivity (Wildman–Crippen MR) is 85.8 cm³/mol. The van der Waals surface area contributed by atoms with Gasteiger partial charge in [0.1, 0.15) is 6.04 Å². The molecular formula is C17H20ClNO3. The van der Waals surface area contributed by atoms with Crippen LogP contribution in [0.1, 0.15) is 31.7 Å². The predicted octanol–water partition coefficient (Wildman–Crippen LogP) is 3.20. The molecule has 5 heteroatoms. The Morgan fingerprint density at radius 1 is 1.41 bits per heavy atom. The molecule has 1 amide bonds. The van der Waals surface area contributed by atoms with Gasteiger partial charge in [-0.15, -0.1) is 0 Å². The lowest BCUT2D eigenvalue weighted by Crippen LogP contribution is -2.44. The van der Waals surface area contributed by atoms with Gasteiger partial charge in [0, 0.05) is 5.02 Å². The molecule has 0 spiro atoms. The normalized spacial score (nSPS) is 17.2. The summed E-state index contributed by atoms with van der Waals surface area (Å²) < 4.78 is 0. The van der Waals surface area contributed by atoms with Gasteiger partial charge >= 0.3 is 5.97 Å². The Bertz CT molecular complexity index is 593. The number of carbonyl (C=O) groups excluding carboxylic acids is 1.